The first-order chi connectivity index (χ1) is 8.93. The van der Waals surface area contributed by atoms with Crippen molar-refractivity contribution < 1.29 is 9.53 Å². The summed E-state index contributed by atoms with van der Waals surface area (Å²) >= 11 is 13.1. The minimum atomic E-state index is -0.123. The average Bonchev–Trinajstić information content (AvgIpc) is 2.67. The monoisotopic (exact) mass is 314 g/mol. The number of ether oxygens (including phenoxy) is 1. The van der Waals surface area contributed by atoms with Crippen molar-refractivity contribution in [1.29, 1.82) is 0 Å². The Kier molecular flexibility index (Phi) is 4.19. The van der Waals surface area contributed by atoms with Crippen LogP contribution in [0.4, 0.5) is 0 Å². The number of rotatable bonds is 3. The minimum absolute atomic E-state index is 0.123. The van der Waals surface area contributed by atoms with Gasteiger partial charge in [0.1, 0.15) is 10.1 Å². The van der Waals surface area contributed by atoms with Crippen molar-refractivity contribution in [3.05, 3.63) is 49.1 Å². The number of halogens is 2. The lowest BCUT2D eigenvalue weighted by Crippen LogP contribution is -2.03. The third-order valence-corrected chi connectivity index (χ3v) is 4.32. The van der Waals surface area contributed by atoms with Crippen molar-refractivity contribution >= 4 is 40.3 Å². The van der Waals surface area contributed by atoms with Gasteiger partial charge in [0, 0.05) is 5.56 Å². The van der Waals surface area contributed by atoms with Crippen LogP contribution in [0.3, 0.4) is 0 Å². The Morgan fingerprint density at radius 2 is 1.74 bits per heavy atom. The number of benzene rings is 1. The zero-order valence-corrected chi connectivity index (χ0v) is 13.0. The summed E-state index contributed by atoms with van der Waals surface area (Å²) in [5, 5.41) is 0. The van der Waals surface area contributed by atoms with Crippen LogP contribution in [0.2, 0.25) is 8.67 Å². The quantitative estimate of drug-likeness (QED) is 0.752. The topological polar surface area (TPSA) is 26.3 Å². The number of carbonyl (C=O) groups is 1. The molecule has 5 heteroatoms. The van der Waals surface area contributed by atoms with E-state index in [4.69, 9.17) is 27.9 Å². The van der Waals surface area contributed by atoms with Gasteiger partial charge in [0.15, 0.2) is 5.78 Å². The van der Waals surface area contributed by atoms with Crippen LogP contribution >= 0.6 is 34.5 Å². The second kappa shape index (κ2) is 5.53. The molecular formula is C14H12Cl2O2S. The molecule has 1 aromatic heterocycles. The molecule has 0 spiro atoms. The second-order valence-electron chi connectivity index (χ2n) is 4.21. The fourth-order valence-electron chi connectivity index (χ4n) is 2.05. The Hall–Kier alpha value is -1.03. The third kappa shape index (κ3) is 2.78. The van der Waals surface area contributed by atoms with Gasteiger partial charge in [0.2, 0.25) is 0 Å². The maximum absolute atomic E-state index is 12.4. The molecule has 0 N–H and O–H groups in total. The number of ketones is 1. The summed E-state index contributed by atoms with van der Waals surface area (Å²) in [6.07, 6.45) is 0. The number of hydrogen-bond donors (Lipinski definition) is 0. The molecule has 0 saturated heterocycles. The van der Waals surface area contributed by atoms with Crippen LogP contribution in [-0.2, 0) is 0 Å². The van der Waals surface area contributed by atoms with Gasteiger partial charge in [-0.3, -0.25) is 4.79 Å². The maximum Gasteiger partial charge on any atom is 0.195 e. The summed E-state index contributed by atoms with van der Waals surface area (Å²) < 4.78 is 6.21. The maximum atomic E-state index is 12.4. The van der Waals surface area contributed by atoms with E-state index in [1.807, 2.05) is 13.8 Å². The number of thiophene rings is 1. The van der Waals surface area contributed by atoms with Gasteiger partial charge in [-0.2, -0.15) is 0 Å². The highest BCUT2D eigenvalue weighted by atomic mass is 35.5. The van der Waals surface area contributed by atoms with Gasteiger partial charge in [-0.25, -0.2) is 0 Å². The molecule has 19 heavy (non-hydrogen) atoms. The van der Waals surface area contributed by atoms with E-state index in [2.05, 4.69) is 0 Å². The van der Waals surface area contributed by atoms with E-state index in [0.29, 0.717) is 19.8 Å². The van der Waals surface area contributed by atoms with Crippen molar-refractivity contribution in [3.8, 4) is 5.75 Å². The Morgan fingerprint density at radius 1 is 1.16 bits per heavy atom. The molecular weight excluding hydrogens is 303 g/mol. The lowest BCUT2D eigenvalue weighted by molar-refractivity contribution is 0.103. The molecule has 0 unspecified atom stereocenters. The predicted molar refractivity (Wildman–Crippen MR) is 80.2 cm³/mol. The summed E-state index contributed by atoms with van der Waals surface area (Å²) in [4.78, 5) is 12.4. The van der Waals surface area contributed by atoms with Crippen molar-refractivity contribution in [2.24, 2.45) is 0 Å². The van der Waals surface area contributed by atoms with Gasteiger partial charge in [0.05, 0.1) is 17.0 Å². The zero-order chi connectivity index (χ0) is 14.2. The van der Waals surface area contributed by atoms with Gasteiger partial charge in [-0.05, 0) is 43.2 Å². The molecule has 0 aliphatic heterocycles. The zero-order valence-electron chi connectivity index (χ0n) is 10.7. The standard InChI is InChI=1S/C14H12Cl2O2S/c1-7-4-9(5-8(2)13(7)18-3)12(17)10-6-11(15)19-14(10)16/h4-6H,1-3H3. The molecule has 0 amide bonds. The first kappa shape index (κ1) is 14.4. The molecule has 0 saturated carbocycles. The number of methoxy groups -OCH3 is 1. The number of carbonyl (C=O) groups excluding carboxylic acids is 1. The summed E-state index contributed by atoms with van der Waals surface area (Å²) in [5.74, 6) is 0.674. The fourth-order valence-corrected chi connectivity index (χ4v) is 3.51. The van der Waals surface area contributed by atoms with Crippen LogP contribution in [0, 0.1) is 13.8 Å². The Morgan fingerprint density at radius 3 is 2.16 bits per heavy atom. The predicted octanol–water partition coefficient (Wildman–Crippen LogP) is 4.91. The molecule has 0 radical (unpaired) electrons. The molecule has 2 aromatic rings. The summed E-state index contributed by atoms with van der Waals surface area (Å²) in [6, 6.07) is 5.21. The van der Waals surface area contributed by atoms with Crippen molar-refractivity contribution in [2.75, 3.05) is 7.11 Å². The lowest BCUT2D eigenvalue weighted by atomic mass is 10.00. The molecule has 2 nitrogen and oxygen atoms in total. The third-order valence-electron chi connectivity index (χ3n) is 2.83. The highest BCUT2D eigenvalue weighted by molar-refractivity contribution is 7.20. The van der Waals surface area contributed by atoms with Crippen LogP contribution in [0.15, 0.2) is 18.2 Å². The van der Waals surface area contributed by atoms with Gasteiger partial charge < -0.3 is 4.74 Å². The normalized spacial score (nSPS) is 10.6. The molecule has 0 atom stereocenters. The van der Waals surface area contributed by atoms with E-state index >= 15 is 0 Å². The van der Waals surface area contributed by atoms with E-state index in [-0.39, 0.29) is 5.78 Å². The van der Waals surface area contributed by atoms with Crippen LogP contribution < -0.4 is 4.74 Å². The molecule has 0 aliphatic carbocycles. The molecule has 1 aromatic carbocycles. The summed E-state index contributed by atoms with van der Waals surface area (Å²) in [6.45, 7) is 3.82. The van der Waals surface area contributed by atoms with Gasteiger partial charge in [-0.15, -0.1) is 11.3 Å². The van der Waals surface area contributed by atoms with Gasteiger partial charge >= 0.3 is 0 Å². The molecule has 0 bridgehead atoms. The van der Waals surface area contributed by atoms with Crippen LogP contribution in [0.25, 0.3) is 0 Å². The van der Waals surface area contributed by atoms with Crippen molar-refractivity contribution in [2.45, 2.75) is 13.8 Å². The SMILES string of the molecule is COc1c(C)cc(C(=O)c2cc(Cl)sc2Cl)cc1C. The fraction of sp³-hybridized carbons (Fsp3) is 0.214. The molecule has 2 rings (SSSR count). The Bertz CT molecular complexity index is 624. The Labute approximate surface area is 125 Å². The highest BCUT2D eigenvalue weighted by Crippen LogP contribution is 2.33. The first-order valence-corrected chi connectivity index (χ1v) is 7.16. The van der Waals surface area contributed by atoms with Gasteiger partial charge in [-0.1, -0.05) is 23.2 Å². The highest BCUT2D eigenvalue weighted by Gasteiger charge is 2.18. The van der Waals surface area contributed by atoms with Gasteiger partial charge in [0.25, 0.3) is 0 Å². The largest absolute Gasteiger partial charge is 0.496 e. The van der Waals surface area contributed by atoms with Crippen LogP contribution in [0.5, 0.6) is 5.75 Å². The van der Waals surface area contributed by atoms with E-state index < -0.39 is 0 Å². The van der Waals surface area contributed by atoms with E-state index in [9.17, 15) is 4.79 Å². The minimum Gasteiger partial charge on any atom is -0.496 e. The Balaban J connectivity index is 2.48. The van der Waals surface area contributed by atoms with Crippen molar-refractivity contribution in [1.82, 2.24) is 0 Å². The van der Waals surface area contributed by atoms with Crippen molar-refractivity contribution in [3.63, 3.8) is 0 Å². The molecule has 1 heterocycles. The number of aryl methyl sites for hydroxylation is 2. The summed E-state index contributed by atoms with van der Waals surface area (Å²) in [7, 11) is 1.62. The van der Waals surface area contributed by atoms with Crippen LogP contribution in [0.1, 0.15) is 27.0 Å². The molecule has 0 fully saturated rings. The van der Waals surface area contributed by atoms with E-state index in [1.54, 1.807) is 25.3 Å². The summed E-state index contributed by atoms with van der Waals surface area (Å²) in [5.41, 5.74) is 2.87. The van der Waals surface area contributed by atoms with E-state index in [1.165, 1.54) is 11.3 Å². The lowest BCUT2D eigenvalue weighted by Gasteiger charge is -2.10. The average molecular weight is 315 g/mol. The first-order valence-electron chi connectivity index (χ1n) is 5.58. The van der Waals surface area contributed by atoms with Crippen LogP contribution in [-0.4, -0.2) is 12.9 Å². The number of hydrogen-bond acceptors (Lipinski definition) is 3. The second-order valence-corrected chi connectivity index (χ2v) is 6.50. The smallest absolute Gasteiger partial charge is 0.195 e. The van der Waals surface area contributed by atoms with E-state index in [0.717, 1.165) is 16.9 Å². The molecule has 100 valence electrons. The molecule has 0 aliphatic rings.